The smallest absolute Gasteiger partial charge is 0.193 e. The minimum Gasteiger partial charge on any atom is -0.396 e. The molecule has 1 heterocycles. The second kappa shape index (κ2) is 14.1. The van der Waals surface area contributed by atoms with Crippen molar-refractivity contribution in [1.29, 1.82) is 0 Å². The predicted molar refractivity (Wildman–Crippen MR) is 114 cm³/mol. The Hall–Kier alpha value is -0.0800. The van der Waals surface area contributed by atoms with E-state index in [-0.39, 0.29) is 30.6 Å². The van der Waals surface area contributed by atoms with Crippen LogP contribution in [-0.4, -0.2) is 73.3 Å². The van der Waals surface area contributed by atoms with Crippen molar-refractivity contribution in [2.24, 2.45) is 10.9 Å². The molecule has 0 aliphatic carbocycles. The number of aliphatic hydroxyl groups is 1. The van der Waals surface area contributed by atoms with Gasteiger partial charge in [0.25, 0.3) is 0 Å². The molecule has 2 unspecified atom stereocenters. The van der Waals surface area contributed by atoms with Gasteiger partial charge in [0.2, 0.25) is 0 Å². The molecule has 0 bridgehead atoms. The number of guanidine groups is 1. The van der Waals surface area contributed by atoms with Crippen LogP contribution in [0.5, 0.6) is 0 Å². The minimum absolute atomic E-state index is 0. The first kappa shape index (κ1) is 23.9. The van der Waals surface area contributed by atoms with E-state index in [1.807, 2.05) is 0 Å². The number of rotatable bonds is 10. The third kappa shape index (κ3) is 8.34. The van der Waals surface area contributed by atoms with Crippen LogP contribution >= 0.6 is 24.0 Å². The van der Waals surface area contributed by atoms with Gasteiger partial charge in [0.05, 0.1) is 0 Å². The molecule has 1 rings (SSSR count). The Balaban J connectivity index is 0.00000529. The SMILES string of the molecule is CCCC(CCO)CN=C(NCC)N(C)CC1CCCN1CC.I. The molecule has 0 aromatic rings. The van der Waals surface area contributed by atoms with Gasteiger partial charge in [-0.25, -0.2) is 0 Å². The molecule has 2 atom stereocenters. The molecule has 1 aliphatic rings. The van der Waals surface area contributed by atoms with Crippen LogP contribution in [0.15, 0.2) is 4.99 Å². The van der Waals surface area contributed by atoms with Gasteiger partial charge in [-0.05, 0) is 51.6 Å². The summed E-state index contributed by atoms with van der Waals surface area (Å²) in [5.74, 6) is 1.50. The van der Waals surface area contributed by atoms with Crippen molar-refractivity contribution in [2.75, 3.05) is 46.4 Å². The van der Waals surface area contributed by atoms with Gasteiger partial charge >= 0.3 is 0 Å². The first-order valence-corrected chi connectivity index (χ1v) is 9.50. The molecule has 5 nitrogen and oxygen atoms in total. The van der Waals surface area contributed by atoms with E-state index in [9.17, 15) is 5.11 Å². The van der Waals surface area contributed by atoms with Crippen molar-refractivity contribution in [3.05, 3.63) is 0 Å². The molecule has 0 aromatic carbocycles. The molecule has 6 heteroatoms. The van der Waals surface area contributed by atoms with E-state index in [2.05, 4.69) is 42.9 Å². The van der Waals surface area contributed by atoms with Crippen LogP contribution < -0.4 is 5.32 Å². The highest BCUT2D eigenvalue weighted by Crippen LogP contribution is 2.17. The summed E-state index contributed by atoms with van der Waals surface area (Å²) in [5.41, 5.74) is 0. The fourth-order valence-corrected chi connectivity index (χ4v) is 3.52. The van der Waals surface area contributed by atoms with Crippen molar-refractivity contribution in [1.82, 2.24) is 15.1 Å². The normalized spacial score (nSPS) is 19.9. The average molecular weight is 454 g/mol. The fraction of sp³-hybridized carbons (Fsp3) is 0.944. The van der Waals surface area contributed by atoms with Crippen LogP contribution in [0.2, 0.25) is 0 Å². The van der Waals surface area contributed by atoms with Crippen LogP contribution in [0, 0.1) is 5.92 Å². The van der Waals surface area contributed by atoms with E-state index in [4.69, 9.17) is 4.99 Å². The molecule has 0 spiro atoms. The molecule has 1 aliphatic heterocycles. The van der Waals surface area contributed by atoms with Crippen molar-refractivity contribution >= 4 is 29.9 Å². The highest BCUT2D eigenvalue weighted by molar-refractivity contribution is 14.0. The maximum atomic E-state index is 9.21. The Morgan fingerprint density at radius 3 is 2.67 bits per heavy atom. The summed E-state index contributed by atoms with van der Waals surface area (Å²) in [7, 11) is 2.15. The minimum atomic E-state index is 0. The van der Waals surface area contributed by atoms with Gasteiger partial charge in [-0.1, -0.05) is 20.3 Å². The highest BCUT2D eigenvalue weighted by Gasteiger charge is 2.25. The number of likely N-dealkylation sites (tertiary alicyclic amines) is 1. The number of likely N-dealkylation sites (N-methyl/N-ethyl adjacent to an activating group) is 2. The maximum absolute atomic E-state index is 9.21. The number of hydrogen-bond donors (Lipinski definition) is 2. The van der Waals surface area contributed by atoms with Crippen molar-refractivity contribution in [3.8, 4) is 0 Å². The van der Waals surface area contributed by atoms with Gasteiger partial charge in [0.1, 0.15) is 0 Å². The van der Waals surface area contributed by atoms with E-state index >= 15 is 0 Å². The molecular formula is C18H39IN4O. The molecule has 2 N–H and O–H groups in total. The van der Waals surface area contributed by atoms with Crippen LogP contribution in [0.1, 0.15) is 52.9 Å². The van der Waals surface area contributed by atoms with Gasteiger partial charge in [-0.2, -0.15) is 0 Å². The highest BCUT2D eigenvalue weighted by atomic mass is 127. The summed E-state index contributed by atoms with van der Waals surface area (Å²) in [6.45, 7) is 11.9. The summed E-state index contributed by atoms with van der Waals surface area (Å²) < 4.78 is 0. The van der Waals surface area contributed by atoms with Crippen LogP contribution in [0.25, 0.3) is 0 Å². The Morgan fingerprint density at radius 1 is 1.33 bits per heavy atom. The largest absolute Gasteiger partial charge is 0.396 e. The van der Waals surface area contributed by atoms with E-state index in [1.54, 1.807) is 0 Å². The number of aliphatic hydroxyl groups excluding tert-OH is 1. The van der Waals surface area contributed by atoms with Crippen molar-refractivity contribution in [2.45, 2.75) is 58.9 Å². The van der Waals surface area contributed by atoms with E-state index in [1.165, 1.54) is 19.4 Å². The fourth-order valence-electron chi connectivity index (χ4n) is 3.52. The van der Waals surface area contributed by atoms with Crippen LogP contribution in [0.3, 0.4) is 0 Å². The lowest BCUT2D eigenvalue weighted by atomic mass is 10.0. The number of hydrogen-bond acceptors (Lipinski definition) is 3. The topological polar surface area (TPSA) is 51.1 Å². The third-order valence-corrected chi connectivity index (χ3v) is 4.82. The van der Waals surface area contributed by atoms with E-state index in [0.29, 0.717) is 12.0 Å². The molecule has 24 heavy (non-hydrogen) atoms. The third-order valence-electron chi connectivity index (χ3n) is 4.82. The molecule has 1 saturated heterocycles. The maximum Gasteiger partial charge on any atom is 0.193 e. The number of aliphatic imine (C=N–C) groups is 1. The lowest BCUT2D eigenvalue weighted by Gasteiger charge is -2.30. The molecule has 0 saturated carbocycles. The number of halogens is 1. The van der Waals surface area contributed by atoms with Crippen LogP contribution in [0.4, 0.5) is 0 Å². The van der Waals surface area contributed by atoms with Gasteiger partial charge in [-0.3, -0.25) is 9.89 Å². The quantitative estimate of drug-likeness (QED) is 0.303. The second-order valence-electron chi connectivity index (χ2n) is 6.67. The summed E-state index contributed by atoms with van der Waals surface area (Å²) in [6.07, 6.45) is 5.75. The van der Waals surface area contributed by atoms with Crippen molar-refractivity contribution in [3.63, 3.8) is 0 Å². The Morgan fingerprint density at radius 2 is 2.08 bits per heavy atom. The summed E-state index contributed by atoms with van der Waals surface area (Å²) in [4.78, 5) is 9.70. The average Bonchev–Trinajstić information content (AvgIpc) is 2.98. The summed E-state index contributed by atoms with van der Waals surface area (Å²) >= 11 is 0. The first-order valence-electron chi connectivity index (χ1n) is 9.50. The van der Waals surface area contributed by atoms with E-state index < -0.39 is 0 Å². The number of nitrogens with one attached hydrogen (secondary N) is 1. The monoisotopic (exact) mass is 454 g/mol. The predicted octanol–water partition coefficient (Wildman–Crippen LogP) is 2.78. The zero-order chi connectivity index (χ0) is 17.1. The second-order valence-corrected chi connectivity index (χ2v) is 6.67. The van der Waals surface area contributed by atoms with Gasteiger partial charge in [-0.15, -0.1) is 24.0 Å². The Kier molecular flexibility index (Phi) is 14.1. The molecule has 1 fully saturated rings. The lowest BCUT2D eigenvalue weighted by molar-refractivity contribution is 0.232. The zero-order valence-electron chi connectivity index (χ0n) is 16.1. The summed E-state index contributed by atoms with van der Waals surface area (Å²) in [5, 5.41) is 12.6. The standard InChI is InChI=1S/C18H38N4O.HI/c1-5-9-16(11-13-23)14-20-18(19-6-2)21(4)15-17-10-8-12-22(17)7-3;/h16-17,23H,5-15H2,1-4H3,(H,19,20);1H. The van der Waals surface area contributed by atoms with Crippen LogP contribution in [-0.2, 0) is 0 Å². The Bertz CT molecular complexity index is 335. The first-order chi connectivity index (χ1) is 11.2. The molecule has 144 valence electrons. The molecular weight excluding hydrogens is 415 g/mol. The van der Waals surface area contributed by atoms with Gasteiger partial charge in [0, 0.05) is 39.3 Å². The molecule has 0 aromatic heterocycles. The van der Waals surface area contributed by atoms with Crippen molar-refractivity contribution < 1.29 is 5.11 Å². The van der Waals surface area contributed by atoms with Gasteiger partial charge in [0.15, 0.2) is 5.96 Å². The molecule has 0 radical (unpaired) electrons. The number of nitrogens with zero attached hydrogens (tertiary/aromatic N) is 3. The Labute approximate surface area is 166 Å². The van der Waals surface area contributed by atoms with Gasteiger partial charge < -0.3 is 15.3 Å². The lowest BCUT2D eigenvalue weighted by Crippen LogP contribution is -2.46. The zero-order valence-corrected chi connectivity index (χ0v) is 18.5. The van der Waals surface area contributed by atoms with E-state index in [0.717, 1.165) is 51.4 Å². The molecule has 0 amide bonds. The summed E-state index contributed by atoms with van der Waals surface area (Å²) in [6, 6.07) is 0.651.